The Morgan fingerprint density at radius 1 is 1.36 bits per heavy atom. The van der Waals surface area contributed by atoms with Crippen LogP contribution in [0.3, 0.4) is 0 Å². The molecule has 2 N–H and O–H groups in total. The first kappa shape index (κ1) is 17.1. The van der Waals surface area contributed by atoms with Gasteiger partial charge in [-0.25, -0.2) is 4.98 Å². The van der Waals surface area contributed by atoms with Gasteiger partial charge in [0, 0.05) is 25.1 Å². The van der Waals surface area contributed by atoms with E-state index >= 15 is 0 Å². The van der Waals surface area contributed by atoms with E-state index in [0.717, 1.165) is 5.56 Å². The maximum absolute atomic E-state index is 12.3. The molecule has 1 fully saturated rings. The topological polar surface area (TPSA) is 91.0 Å². The SMILES string of the molecule is CC(C)CN1C[C@H](C(=O)NCc2nc(-c3ccccc3)n[nH]2)CC1=O. The highest BCUT2D eigenvalue weighted by molar-refractivity contribution is 5.89. The lowest BCUT2D eigenvalue weighted by Gasteiger charge is -2.18. The lowest BCUT2D eigenvalue weighted by atomic mass is 10.1. The van der Waals surface area contributed by atoms with Crippen molar-refractivity contribution >= 4 is 11.8 Å². The van der Waals surface area contributed by atoms with Crippen LogP contribution in [0.5, 0.6) is 0 Å². The van der Waals surface area contributed by atoms with E-state index in [-0.39, 0.29) is 30.7 Å². The highest BCUT2D eigenvalue weighted by atomic mass is 16.2. The molecule has 0 unspecified atom stereocenters. The van der Waals surface area contributed by atoms with Gasteiger partial charge < -0.3 is 10.2 Å². The summed E-state index contributed by atoms with van der Waals surface area (Å²) in [6.07, 6.45) is 0.282. The zero-order chi connectivity index (χ0) is 17.8. The number of benzene rings is 1. The monoisotopic (exact) mass is 341 g/mol. The fourth-order valence-corrected chi connectivity index (χ4v) is 2.97. The fraction of sp³-hybridized carbons (Fsp3) is 0.444. The first-order valence-corrected chi connectivity index (χ1v) is 8.55. The van der Waals surface area contributed by atoms with Gasteiger partial charge in [-0.05, 0) is 5.92 Å². The Balaban J connectivity index is 1.53. The van der Waals surface area contributed by atoms with Crippen molar-refractivity contribution in [2.24, 2.45) is 11.8 Å². The van der Waals surface area contributed by atoms with Crippen LogP contribution in [-0.2, 0) is 16.1 Å². The quantitative estimate of drug-likeness (QED) is 0.835. The summed E-state index contributed by atoms with van der Waals surface area (Å²) in [6, 6.07) is 9.64. The lowest BCUT2D eigenvalue weighted by Crippen LogP contribution is -2.34. The number of aromatic amines is 1. The van der Waals surface area contributed by atoms with Gasteiger partial charge in [0.15, 0.2) is 5.82 Å². The molecule has 1 aliphatic heterocycles. The van der Waals surface area contributed by atoms with Gasteiger partial charge in [0.1, 0.15) is 5.82 Å². The van der Waals surface area contributed by atoms with Crippen LogP contribution in [0.25, 0.3) is 11.4 Å². The van der Waals surface area contributed by atoms with Crippen LogP contribution in [0.1, 0.15) is 26.1 Å². The first-order chi connectivity index (χ1) is 12.0. The molecule has 0 saturated carbocycles. The average molecular weight is 341 g/mol. The number of H-pyrrole nitrogens is 1. The number of hydrogen-bond acceptors (Lipinski definition) is 4. The Bertz CT molecular complexity index is 741. The Kier molecular flexibility index (Phi) is 5.11. The molecular weight excluding hydrogens is 318 g/mol. The van der Waals surface area contributed by atoms with Crippen molar-refractivity contribution in [3.63, 3.8) is 0 Å². The number of rotatable bonds is 6. The van der Waals surface area contributed by atoms with Gasteiger partial charge in [-0.2, -0.15) is 5.10 Å². The summed E-state index contributed by atoms with van der Waals surface area (Å²) in [4.78, 5) is 30.5. The van der Waals surface area contributed by atoms with Crippen LogP contribution in [0.2, 0.25) is 0 Å². The van der Waals surface area contributed by atoms with E-state index in [0.29, 0.717) is 30.7 Å². The van der Waals surface area contributed by atoms with Gasteiger partial charge in [0.2, 0.25) is 11.8 Å². The average Bonchev–Trinajstić information content (AvgIpc) is 3.20. The Hall–Kier alpha value is -2.70. The van der Waals surface area contributed by atoms with Crippen LogP contribution >= 0.6 is 0 Å². The minimum Gasteiger partial charge on any atom is -0.349 e. The zero-order valence-corrected chi connectivity index (χ0v) is 14.5. The molecule has 0 bridgehead atoms. The second kappa shape index (κ2) is 7.46. The third kappa shape index (κ3) is 4.23. The van der Waals surface area contributed by atoms with Crippen molar-refractivity contribution in [1.82, 2.24) is 25.4 Å². The van der Waals surface area contributed by atoms with Crippen LogP contribution in [0.15, 0.2) is 30.3 Å². The summed E-state index contributed by atoms with van der Waals surface area (Å²) < 4.78 is 0. The number of carbonyl (C=O) groups excluding carboxylic acids is 2. The van der Waals surface area contributed by atoms with Gasteiger partial charge in [0.25, 0.3) is 0 Å². The van der Waals surface area contributed by atoms with Crippen molar-refractivity contribution in [3.05, 3.63) is 36.2 Å². The summed E-state index contributed by atoms with van der Waals surface area (Å²) in [5.41, 5.74) is 0.919. The molecule has 0 radical (unpaired) electrons. The molecule has 0 spiro atoms. The van der Waals surface area contributed by atoms with E-state index in [4.69, 9.17) is 0 Å². The van der Waals surface area contributed by atoms with E-state index in [1.165, 1.54) is 0 Å². The number of amides is 2. The van der Waals surface area contributed by atoms with E-state index in [1.54, 1.807) is 4.90 Å². The Labute approximate surface area is 146 Å². The molecule has 1 aromatic heterocycles. The van der Waals surface area contributed by atoms with Crippen LogP contribution < -0.4 is 5.32 Å². The summed E-state index contributed by atoms with van der Waals surface area (Å²) in [6.45, 7) is 5.59. The molecule has 7 nitrogen and oxygen atoms in total. The van der Waals surface area contributed by atoms with E-state index in [1.807, 2.05) is 30.3 Å². The minimum absolute atomic E-state index is 0.0554. The van der Waals surface area contributed by atoms with Crippen molar-refractivity contribution in [1.29, 1.82) is 0 Å². The van der Waals surface area contributed by atoms with Crippen molar-refractivity contribution in [2.45, 2.75) is 26.8 Å². The first-order valence-electron chi connectivity index (χ1n) is 8.55. The molecule has 0 aliphatic carbocycles. The molecule has 132 valence electrons. The lowest BCUT2D eigenvalue weighted by molar-refractivity contribution is -0.129. The van der Waals surface area contributed by atoms with Crippen molar-refractivity contribution < 1.29 is 9.59 Å². The van der Waals surface area contributed by atoms with E-state index in [2.05, 4.69) is 34.3 Å². The Morgan fingerprint density at radius 2 is 2.12 bits per heavy atom. The van der Waals surface area contributed by atoms with Crippen molar-refractivity contribution in [3.8, 4) is 11.4 Å². The number of likely N-dealkylation sites (tertiary alicyclic amines) is 1. The zero-order valence-electron chi connectivity index (χ0n) is 14.5. The standard InChI is InChI=1S/C18H23N5O2/c1-12(2)10-23-11-14(8-16(23)24)18(25)19-9-15-20-17(22-21-15)13-6-4-3-5-7-13/h3-7,12,14H,8-11H2,1-2H3,(H,19,25)(H,20,21,22)/t14-/m1/s1. The van der Waals surface area contributed by atoms with E-state index in [9.17, 15) is 9.59 Å². The van der Waals surface area contributed by atoms with Gasteiger partial charge in [-0.3, -0.25) is 14.7 Å². The van der Waals surface area contributed by atoms with Crippen LogP contribution in [0.4, 0.5) is 0 Å². The number of nitrogens with zero attached hydrogens (tertiary/aromatic N) is 3. The van der Waals surface area contributed by atoms with Gasteiger partial charge in [0.05, 0.1) is 12.5 Å². The summed E-state index contributed by atoms with van der Waals surface area (Å²) >= 11 is 0. The second-order valence-electron chi connectivity index (χ2n) is 6.78. The number of carbonyl (C=O) groups is 2. The van der Waals surface area contributed by atoms with Gasteiger partial charge in [-0.15, -0.1) is 0 Å². The molecule has 1 aliphatic rings. The molecule has 1 atom stereocenters. The third-order valence-electron chi connectivity index (χ3n) is 4.16. The molecule has 25 heavy (non-hydrogen) atoms. The number of hydrogen-bond donors (Lipinski definition) is 2. The molecule has 1 saturated heterocycles. The molecule has 2 aromatic rings. The smallest absolute Gasteiger partial charge is 0.225 e. The largest absolute Gasteiger partial charge is 0.349 e. The molecule has 2 amide bonds. The number of aromatic nitrogens is 3. The van der Waals surface area contributed by atoms with Gasteiger partial charge >= 0.3 is 0 Å². The maximum Gasteiger partial charge on any atom is 0.225 e. The molecule has 7 heteroatoms. The van der Waals surface area contributed by atoms with Crippen molar-refractivity contribution in [2.75, 3.05) is 13.1 Å². The maximum atomic E-state index is 12.3. The van der Waals surface area contributed by atoms with Crippen LogP contribution in [0, 0.1) is 11.8 Å². The second-order valence-corrected chi connectivity index (χ2v) is 6.78. The predicted molar refractivity (Wildman–Crippen MR) is 93.2 cm³/mol. The predicted octanol–water partition coefficient (Wildman–Crippen LogP) is 1.59. The normalized spacial score (nSPS) is 17.3. The fourth-order valence-electron chi connectivity index (χ4n) is 2.97. The Morgan fingerprint density at radius 3 is 2.84 bits per heavy atom. The molecule has 1 aromatic carbocycles. The highest BCUT2D eigenvalue weighted by Crippen LogP contribution is 2.19. The van der Waals surface area contributed by atoms with Crippen LogP contribution in [-0.4, -0.2) is 45.0 Å². The summed E-state index contributed by atoms with van der Waals surface area (Å²) in [7, 11) is 0. The molecule has 2 heterocycles. The third-order valence-corrected chi connectivity index (χ3v) is 4.16. The molecular formula is C18H23N5O2. The van der Waals surface area contributed by atoms with E-state index < -0.39 is 0 Å². The summed E-state index contributed by atoms with van der Waals surface area (Å²) in [5.74, 6) is 1.25. The summed E-state index contributed by atoms with van der Waals surface area (Å²) in [5, 5.41) is 9.86. The van der Waals surface area contributed by atoms with Gasteiger partial charge in [-0.1, -0.05) is 44.2 Å². The number of nitrogens with one attached hydrogen (secondary N) is 2. The highest BCUT2D eigenvalue weighted by Gasteiger charge is 2.34. The minimum atomic E-state index is -0.289. The molecule has 3 rings (SSSR count).